The average molecular weight is 256 g/mol. The molecule has 0 saturated carbocycles. The number of aromatic nitrogens is 1. The maximum absolute atomic E-state index is 10.5. The third-order valence-corrected chi connectivity index (χ3v) is 3.34. The molecule has 0 spiro atoms. The molecule has 0 bridgehead atoms. The molecule has 0 unspecified atom stereocenters. The second-order valence-corrected chi connectivity index (χ2v) is 4.84. The number of aliphatic carboxylic acids is 1. The molecule has 0 aliphatic rings. The highest BCUT2D eigenvalue weighted by Crippen LogP contribution is 2.21. The Morgan fingerprint density at radius 3 is 2.59 bits per heavy atom. The van der Waals surface area contributed by atoms with Gasteiger partial charge in [0.1, 0.15) is 0 Å². The Bertz CT molecular complexity index is 346. The van der Waals surface area contributed by atoms with E-state index in [1.807, 2.05) is 5.38 Å². The quantitative estimate of drug-likeness (QED) is 0.777. The number of hydrogen-bond donors (Lipinski definition) is 1. The van der Waals surface area contributed by atoms with Gasteiger partial charge < -0.3 is 10.0 Å². The number of aryl methyl sites for hydroxylation is 1. The molecule has 1 aromatic rings. The van der Waals surface area contributed by atoms with Crippen molar-refractivity contribution in [2.75, 3.05) is 18.0 Å². The summed E-state index contributed by atoms with van der Waals surface area (Å²) >= 11 is 1.61. The van der Waals surface area contributed by atoms with Gasteiger partial charge in [0.05, 0.1) is 12.1 Å². The first-order valence-corrected chi connectivity index (χ1v) is 6.96. The van der Waals surface area contributed by atoms with Crippen LogP contribution in [0.1, 0.15) is 38.8 Å². The van der Waals surface area contributed by atoms with Crippen molar-refractivity contribution in [2.24, 2.45) is 0 Å². The fraction of sp³-hybridized carbons (Fsp3) is 0.667. The van der Waals surface area contributed by atoms with E-state index in [1.54, 1.807) is 11.3 Å². The molecule has 96 valence electrons. The average Bonchev–Trinajstić information content (AvgIpc) is 2.74. The highest BCUT2D eigenvalue weighted by Gasteiger charge is 2.10. The van der Waals surface area contributed by atoms with Crippen LogP contribution in [0.3, 0.4) is 0 Å². The van der Waals surface area contributed by atoms with Crippen molar-refractivity contribution >= 4 is 22.4 Å². The van der Waals surface area contributed by atoms with E-state index in [2.05, 4.69) is 23.7 Å². The summed E-state index contributed by atoms with van der Waals surface area (Å²) in [7, 11) is 0. The Labute approximate surface area is 106 Å². The van der Waals surface area contributed by atoms with Crippen LogP contribution in [0.5, 0.6) is 0 Å². The Hall–Kier alpha value is -1.10. The lowest BCUT2D eigenvalue weighted by molar-refractivity contribution is -0.136. The number of anilines is 1. The van der Waals surface area contributed by atoms with Crippen molar-refractivity contribution in [2.45, 2.75) is 39.5 Å². The van der Waals surface area contributed by atoms with Gasteiger partial charge in [0.15, 0.2) is 5.13 Å². The van der Waals surface area contributed by atoms with Crippen molar-refractivity contribution in [1.29, 1.82) is 0 Å². The fourth-order valence-corrected chi connectivity index (χ4v) is 2.55. The van der Waals surface area contributed by atoms with E-state index < -0.39 is 5.97 Å². The van der Waals surface area contributed by atoms with Gasteiger partial charge in [-0.1, -0.05) is 13.8 Å². The number of hydrogen-bond acceptors (Lipinski definition) is 4. The van der Waals surface area contributed by atoms with Crippen molar-refractivity contribution in [3.63, 3.8) is 0 Å². The molecular formula is C12H20N2O2S. The summed E-state index contributed by atoms with van der Waals surface area (Å²) in [6.07, 6.45) is 2.89. The molecule has 0 aliphatic carbocycles. The predicted molar refractivity (Wildman–Crippen MR) is 70.9 cm³/mol. The molecule has 4 nitrogen and oxygen atoms in total. The molecule has 0 amide bonds. The van der Waals surface area contributed by atoms with E-state index in [9.17, 15) is 4.79 Å². The first-order valence-electron chi connectivity index (χ1n) is 6.08. The smallest absolute Gasteiger partial charge is 0.303 e. The Kier molecular flexibility index (Phi) is 5.97. The lowest BCUT2D eigenvalue weighted by Crippen LogP contribution is -2.24. The molecule has 0 saturated heterocycles. The Morgan fingerprint density at radius 2 is 2.06 bits per heavy atom. The third kappa shape index (κ3) is 4.73. The number of thiazole rings is 1. The first kappa shape index (κ1) is 14.0. The number of carboxylic acid groups (broad SMARTS) is 1. The van der Waals surface area contributed by atoms with Crippen molar-refractivity contribution in [3.05, 3.63) is 11.1 Å². The zero-order chi connectivity index (χ0) is 12.7. The lowest BCUT2D eigenvalue weighted by Gasteiger charge is -2.19. The van der Waals surface area contributed by atoms with E-state index in [0.717, 1.165) is 36.8 Å². The van der Waals surface area contributed by atoms with Gasteiger partial charge in [0.25, 0.3) is 0 Å². The van der Waals surface area contributed by atoms with Crippen molar-refractivity contribution in [1.82, 2.24) is 4.98 Å². The SMILES string of the molecule is CCCN(CCC)c1nc(CCC(=O)O)cs1. The summed E-state index contributed by atoms with van der Waals surface area (Å²) in [6, 6.07) is 0. The van der Waals surface area contributed by atoms with Crippen molar-refractivity contribution < 1.29 is 9.90 Å². The van der Waals surface area contributed by atoms with Gasteiger partial charge >= 0.3 is 5.97 Å². The van der Waals surface area contributed by atoms with Gasteiger partial charge in [-0.3, -0.25) is 4.79 Å². The normalized spacial score (nSPS) is 10.5. The van der Waals surface area contributed by atoms with Crippen LogP contribution in [0.25, 0.3) is 0 Å². The van der Waals surface area contributed by atoms with E-state index in [4.69, 9.17) is 5.11 Å². The number of rotatable bonds is 8. The zero-order valence-corrected chi connectivity index (χ0v) is 11.3. The zero-order valence-electron chi connectivity index (χ0n) is 10.5. The number of carbonyl (C=O) groups is 1. The molecule has 0 radical (unpaired) electrons. The number of nitrogens with zero attached hydrogens (tertiary/aromatic N) is 2. The van der Waals surface area contributed by atoms with Gasteiger partial charge in [-0.25, -0.2) is 4.98 Å². The van der Waals surface area contributed by atoms with E-state index >= 15 is 0 Å². The molecule has 1 heterocycles. The number of carboxylic acids is 1. The van der Waals surface area contributed by atoms with Gasteiger partial charge in [-0.15, -0.1) is 11.3 Å². The molecular weight excluding hydrogens is 236 g/mol. The van der Waals surface area contributed by atoms with Crippen molar-refractivity contribution in [3.8, 4) is 0 Å². The van der Waals surface area contributed by atoms with Crippen LogP contribution in [0.15, 0.2) is 5.38 Å². The Balaban J connectivity index is 2.60. The highest BCUT2D eigenvalue weighted by atomic mass is 32.1. The summed E-state index contributed by atoms with van der Waals surface area (Å²) < 4.78 is 0. The minimum absolute atomic E-state index is 0.157. The second-order valence-electron chi connectivity index (χ2n) is 4.00. The minimum atomic E-state index is -0.765. The van der Waals surface area contributed by atoms with Crippen LogP contribution in [0.4, 0.5) is 5.13 Å². The summed E-state index contributed by atoms with van der Waals surface area (Å²) in [4.78, 5) is 17.3. The van der Waals surface area contributed by atoms with Gasteiger partial charge in [0.2, 0.25) is 0 Å². The van der Waals surface area contributed by atoms with Crippen LogP contribution >= 0.6 is 11.3 Å². The van der Waals surface area contributed by atoms with Gasteiger partial charge in [-0.05, 0) is 12.8 Å². The standard InChI is InChI=1S/C12H20N2O2S/c1-3-7-14(8-4-2)12-13-10(9-17-12)5-6-11(15)16/h9H,3-8H2,1-2H3,(H,15,16). The van der Waals surface area contributed by atoms with E-state index in [0.29, 0.717) is 6.42 Å². The van der Waals surface area contributed by atoms with Crippen LogP contribution in [0.2, 0.25) is 0 Å². The molecule has 1 rings (SSSR count). The third-order valence-electron chi connectivity index (χ3n) is 2.39. The summed E-state index contributed by atoms with van der Waals surface area (Å²) in [6.45, 7) is 6.34. The van der Waals surface area contributed by atoms with Gasteiger partial charge in [0, 0.05) is 24.9 Å². The predicted octanol–water partition coefficient (Wildman–Crippen LogP) is 2.79. The maximum atomic E-state index is 10.5. The van der Waals surface area contributed by atoms with E-state index in [-0.39, 0.29) is 6.42 Å². The molecule has 0 atom stereocenters. The van der Waals surface area contributed by atoms with Gasteiger partial charge in [-0.2, -0.15) is 0 Å². The Morgan fingerprint density at radius 1 is 1.41 bits per heavy atom. The monoisotopic (exact) mass is 256 g/mol. The molecule has 0 fully saturated rings. The van der Waals surface area contributed by atoms with Crippen LogP contribution in [0, 0.1) is 0 Å². The topological polar surface area (TPSA) is 53.4 Å². The summed E-state index contributed by atoms with van der Waals surface area (Å²) in [5, 5.41) is 11.6. The fourth-order valence-electron chi connectivity index (χ4n) is 1.63. The van der Waals surface area contributed by atoms with Crippen LogP contribution < -0.4 is 4.90 Å². The van der Waals surface area contributed by atoms with Crippen LogP contribution in [-0.4, -0.2) is 29.1 Å². The summed E-state index contributed by atoms with van der Waals surface area (Å²) in [5.74, 6) is -0.765. The molecule has 1 aromatic heterocycles. The first-order chi connectivity index (χ1) is 8.17. The molecule has 5 heteroatoms. The minimum Gasteiger partial charge on any atom is -0.481 e. The van der Waals surface area contributed by atoms with E-state index in [1.165, 1.54) is 0 Å². The molecule has 17 heavy (non-hydrogen) atoms. The largest absolute Gasteiger partial charge is 0.481 e. The second kappa shape index (κ2) is 7.27. The molecule has 0 aromatic carbocycles. The maximum Gasteiger partial charge on any atom is 0.303 e. The highest BCUT2D eigenvalue weighted by molar-refractivity contribution is 7.13. The van der Waals surface area contributed by atoms with Crippen LogP contribution in [-0.2, 0) is 11.2 Å². The molecule has 0 aliphatic heterocycles. The summed E-state index contributed by atoms with van der Waals surface area (Å²) in [5.41, 5.74) is 0.893. The molecule has 1 N–H and O–H groups in total. The lowest BCUT2D eigenvalue weighted by atomic mass is 10.2.